The SMILES string of the molecule is CC(C)(C)OC(=O)N[C@H](CNN(CCCCCC(N)C(=O)OC(C)(C)C)C(=O)OC(C)(C)C)CC(=O)O. The van der Waals surface area contributed by atoms with E-state index in [1.165, 1.54) is 5.01 Å². The summed E-state index contributed by atoms with van der Waals surface area (Å²) in [4.78, 5) is 48.2. The highest BCUT2D eigenvalue weighted by Crippen LogP contribution is 2.13. The van der Waals surface area contributed by atoms with Gasteiger partial charge >= 0.3 is 24.1 Å². The molecule has 12 nitrogen and oxygen atoms in total. The standard InChI is InChI=1S/C25H48N4O8/c1-23(2,3)35-20(32)18(26)13-11-10-12-14-29(22(34)37-25(7,8)9)27-16-17(15-19(30)31)28-21(33)36-24(4,5)6/h17-18,27H,10-16,26H2,1-9H3,(H,28,33)(H,30,31)/t17-,18?/m0/s1. The van der Waals surface area contributed by atoms with Gasteiger partial charge in [-0.15, -0.1) is 0 Å². The van der Waals surface area contributed by atoms with E-state index in [1.54, 1.807) is 62.3 Å². The summed E-state index contributed by atoms with van der Waals surface area (Å²) in [5, 5.41) is 13.0. The summed E-state index contributed by atoms with van der Waals surface area (Å²) in [5.74, 6) is -1.57. The zero-order valence-electron chi connectivity index (χ0n) is 23.9. The van der Waals surface area contributed by atoms with Crippen LogP contribution in [0.5, 0.6) is 0 Å². The van der Waals surface area contributed by atoms with Gasteiger partial charge in [0, 0.05) is 13.1 Å². The number of aliphatic carboxylic acids is 1. The number of carboxylic acids is 1. The maximum absolute atomic E-state index is 12.7. The molecule has 0 saturated carbocycles. The molecule has 0 aromatic rings. The minimum atomic E-state index is -1.12. The molecule has 0 aliphatic heterocycles. The van der Waals surface area contributed by atoms with Crippen LogP contribution in [0.15, 0.2) is 0 Å². The van der Waals surface area contributed by atoms with E-state index in [0.717, 1.165) is 0 Å². The molecular weight excluding hydrogens is 484 g/mol. The summed E-state index contributed by atoms with van der Waals surface area (Å²) >= 11 is 0. The van der Waals surface area contributed by atoms with Gasteiger partial charge in [-0.05, 0) is 75.2 Å². The predicted molar refractivity (Wildman–Crippen MR) is 139 cm³/mol. The molecule has 0 aliphatic rings. The van der Waals surface area contributed by atoms with Gasteiger partial charge in [0.2, 0.25) is 0 Å². The second-order valence-corrected chi connectivity index (χ2v) is 11.9. The van der Waals surface area contributed by atoms with E-state index in [4.69, 9.17) is 19.9 Å². The Balaban J connectivity index is 5.02. The third-order valence-corrected chi connectivity index (χ3v) is 4.39. The molecule has 5 N–H and O–H groups in total. The predicted octanol–water partition coefficient (Wildman–Crippen LogP) is 3.33. The van der Waals surface area contributed by atoms with Crippen molar-refractivity contribution in [1.82, 2.24) is 15.8 Å². The van der Waals surface area contributed by atoms with Crippen molar-refractivity contribution in [2.24, 2.45) is 5.73 Å². The summed E-state index contributed by atoms with van der Waals surface area (Å²) < 4.78 is 15.9. The summed E-state index contributed by atoms with van der Waals surface area (Å²) in [5.41, 5.74) is 6.70. The monoisotopic (exact) mass is 532 g/mol. The molecule has 0 saturated heterocycles. The van der Waals surface area contributed by atoms with Crippen molar-refractivity contribution in [1.29, 1.82) is 0 Å². The number of esters is 1. The van der Waals surface area contributed by atoms with Gasteiger partial charge in [-0.2, -0.15) is 0 Å². The van der Waals surface area contributed by atoms with Crippen molar-refractivity contribution in [2.75, 3.05) is 13.1 Å². The second kappa shape index (κ2) is 15.0. The molecule has 0 aliphatic carbocycles. The quantitative estimate of drug-likeness (QED) is 0.119. The van der Waals surface area contributed by atoms with Crippen LogP contribution in [0.25, 0.3) is 0 Å². The lowest BCUT2D eigenvalue weighted by Crippen LogP contribution is -2.52. The van der Waals surface area contributed by atoms with E-state index < -0.39 is 53.0 Å². The zero-order valence-corrected chi connectivity index (χ0v) is 23.9. The highest BCUT2D eigenvalue weighted by molar-refractivity contribution is 5.75. The summed E-state index contributed by atoms with van der Waals surface area (Å²) in [6.07, 6.45) is 0.550. The molecule has 0 fully saturated rings. The van der Waals surface area contributed by atoms with E-state index in [2.05, 4.69) is 10.7 Å². The van der Waals surface area contributed by atoms with Crippen molar-refractivity contribution >= 4 is 24.1 Å². The van der Waals surface area contributed by atoms with E-state index >= 15 is 0 Å². The van der Waals surface area contributed by atoms with E-state index in [0.29, 0.717) is 25.7 Å². The van der Waals surface area contributed by atoms with Crippen LogP contribution < -0.4 is 16.5 Å². The number of ether oxygens (including phenoxy) is 3. The van der Waals surface area contributed by atoms with Crippen LogP contribution in [0.2, 0.25) is 0 Å². The third kappa shape index (κ3) is 19.2. The minimum absolute atomic E-state index is 0.0473. The molecule has 0 aromatic carbocycles. The summed E-state index contributed by atoms with van der Waals surface area (Å²) in [6.45, 7) is 15.8. The number of nitrogens with two attached hydrogens (primary N) is 1. The minimum Gasteiger partial charge on any atom is -0.481 e. The van der Waals surface area contributed by atoms with Crippen molar-refractivity contribution in [2.45, 2.75) is 123 Å². The van der Waals surface area contributed by atoms with Crippen molar-refractivity contribution < 1.29 is 38.5 Å². The molecule has 37 heavy (non-hydrogen) atoms. The molecule has 0 spiro atoms. The highest BCUT2D eigenvalue weighted by atomic mass is 16.6. The largest absolute Gasteiger partial charge is 0.481 e. The molecule has 2 amide bonds. The van der Waals surface area contributed by atoms with Gasteiger partial charge in [0.05, 0.1) is 12.5 Å². The molecule has 0 bridgehead atoms. The van der Waals surface area contributed by atoms with Crippen LogP contribution in [0.3, 0.4) is 0 Å². The zero-order chi connectivity index (χ0) is 29.0. The van der Waals surface area contributed by atoms with Gasteiger partial charge in [0.25, 0.3) is 0 Å². The van der Waals surface area contributed by atoms with Crippen LogP contribution in [0, 0.1) is 0 Å². The molecule has 12 heteroatoms. The number of unbranched alkanes of at least 4 members (excludes halogenated alkanes) is 2. The first-order valence-electron chi connectivity index (χ1n) is 12.6. The third-order valence-electron chi connectivity index (χ3n) is 4.39. The molecule has 0 heterocycles. The van der Waals surface area contributed by atoms with Crippen LogP contribution in [-0.2, 0) is 23.8 Å². The fourth-order valence-corrected chi connectivity index (χ4v) is 2.94. The van der Waals surface area contributed by atoms with Crippen molar-refractivity contribution in [3.8, 4) is 0 Å². The molecule has 2 atom stereocenters. The fourth-order valence-electron chi connectivity index (χ4n) is 2.94. The Morgan fingerprint density at radius 1 is 0.838 bits per heavy atom. The maximum Gasteiger partial charge on any atom is 0.424 e. The number of hydrogen-bond donors (Lipinski definition) is 4. The Hall–Kier alpha value is -2.60. The first kappa shape index (κ1) is 34.4. The average Bonchev–Trinajstić information content (AvgIpc) is 2.64. The van der Waals surface area contributed by atoms with Gasteiger partial charge in [-0.3, -0.25) is 9.59 Å². The van der Waals surface area contributed by atoms with Crippen LogP contribution in [0.4, 0.5) is 9.59 Å². The number of amides is 2. The topological polar surface area (TPSA) is 170 Å². The first-order valence-corrected chi connectivity index (χ1v) is 12.6. The Morgan fingerprint density at radius 2 is 1.38 bits per heavy atom. The molecule has 0 aromatic heterocycles. The number of nitrogens with one attached hydrogen (secondary N) is 2. The Bertz CT molecular complexity index is 753. The van der Waals surface area contributed by atoms with Crippen molar-refractivity contribution in [3.63, 3.8) is 0 Å². The van der Waals surface area contributed by atoms with Gasteiger partial charge < -0.3 is 30.4 Å². The van der Waals surface area contributed by atoms with E-state index in [-0.39, 0.29) is 19.5 Å². The lowest BCUT2D eigenvalue weighted by molar-refractivity contribution is -0.156. The maximum atomic E-state index is 12.7. The number of alkyl carbamates (subject to hydrolysis) is 1. The number of hydrazine groups is 1. The van der Waals surface area contributed by atoms with Crippen LogP contribution in [0.1, 0.15) is 94.4 Å². The normalized spacial score (nSPS) is 13.8. The lowest BCUT2D eigenvalue weighted by atomic mass is 10.1. The van der Waals surface area contributed by atoms with Crippen molar-refractivity contribution in [3.05, 3.63) is 0 Å². The molecule has 0 radical (unpaired) electrons. The van der Waals surface area contributed by atoms with Crippen LogP contribution >= 0.6 is 0 Å². The van der Waals surface area contributed by atoms with Gasteiger partial charge in [0.1, 0.15) is 22.8 Å². The second-order valence-electron chi connectivity index (χ2n) is 11.9. The number of carbonyl (C=O) groups excluding carboxylic acids is 3. The van der Waals surface area contributed by atoms with Gasteiger partial charge in [0.15, 0.2) is 0 Å². The first-order chi connectivity index (χ1) is 16.7. The molecule has 216 valence electrons. The lowest BCUT2D eigenvalue weighted by Gasteiger charge is -2.29. The fraction of sp³-hybridized carbons (Fsp3) is 0.840. The Kier molecular flexibility index (Phi) is 13.9. The number of nitrogens with zero attached hydrogens (tertiary/aromatic N) is 1. The Morgan fingerprint density at radius 3 is 1.86 bits per heavy atom. The average molecular weight is 533 g/mol. The number of carbonyl (C=O) groups is 4. The molecular formula is C25H48N4O8. The number of rotatable bonds is 13. The van der Waals surface area contributed by atoms with E-state index in [9.17, 15) is 24.3 Å². The van der Waals surface area contributed by atoms with E-state index in [1.807, 2.05) is 0 Å². The molecule has 1 unspecified atom stereocenters. The number of hydrogen-bond acceptors (Lipinski definition) is 9. The highest BCUT2D eigenvalue weighted by Gasteiger charge is 2.26. The smallest absolute Gasteiger partial charge is 0.424 e. The Labute approximate surface area is 220 Å². The summed E-state index contributed by atoms with van der Waals surface area (Å²) in [6, 6.07) is -1.57. The number of carboxylic acid groups (broad SMARTS) is 1. The van der Waals surface area contributed by atoms with Crippen LogP contribution in [-0.4, -0.2) is 76.2 Å². The summed E-state index contributed by atoms with van der Waals surface area (Å²) in [7, 11) is 0. The van der Waals surface area contributed by atoms with Gasteiger partial charge in [-0.1, -0.05) is 12.8 Å². The van der Waals surface area contributed by atoms with Gasteiger partial charge in [-0.25, -0.2) is 20.0 Å². The molecule has 0 rings (SSSR count).